The number of hydrogen-bond acceptors (Lipinski definition) is 2. The number of aromatic carboxylic acids is 1. The van der Waals surface area contributed by atoms with Crippen LogP contribution in [0.1, 0.15) is 21.5 Å². The predicted molar refractivity (Wildman–Crippen MR) is 86.4 cm³/mol. The minimum atomic E-state index is -0.919. The lowest BCUT2D eigenvalue weighted by Crippen LogP contribution is -1.98. The van der Waals surface area contributed by atoms with E-state index in [2.05, 4.69) is 25.1 Å². The lowest BCUT2D eigenvalue weighted by Gasteiger charge is -2.08. The van der Waals surface area contributed by atoms with E-state index < -0.39 is 5.97 Å². The summed E-state index contributed by atoms with van der Waals surface area (Å²) >= 11 is 0. The molecule has 0 unspecified atom stereocenters. The first kappa shape index (κ1) is 14.1. The number of carbonyl (C=O) groups is 1. The van der Waals surface area contributed by atoms with Crippen molar-refractivity contribution >= 4 is 16.7 Å². The van der Waals surface area contributed by atoms with E-state index in [-0.39, 0.29) is 5.56 Å². The zero-order chi connectivity index (χ0) is 15.5. The average molecular weight is 292 g/mol. The Kier molecular flexibility index (Phi) is 3.79. The average Bonchev–Trinajstić information content (AvgIpc) is 2.53. The summed E-state index contributed by atoms with van der Waals surface area (Å²) in [6, 6.07) is 19.0. The molecule has 22 heavy (non-hydrogen) atoms. The molecule has 0 aliphatic carbocycles. The van der Waals surface area contributed by atoms with Gasteiger partial charge in [0.25, 0.3) is 0 Å². The van der Waals surface area contributed by atoms with Crippen LogP contribution in [0.25, 0.3) is 10.8 Å². The smallest absolute Gasteiger partial charge is 0.335 e. The summed E-state index contributed by atoms with van der Waals surface area (Å²) in [4.78, 5) is 10.8. The maximum atomic E-state index is 10.8. The Morgan fingerprint density at radius 3 is 2.36 bits per heavy atom. The molecule has 0 spiro atoms. The number of carboxylic acid groups (broad SMARTS) is 1. The van der Waals surface area contributed by atoms with Crippen LogP contribution >= 0.6 is 0 Å². The summed E-state index contributed by atoms with van der Waals surface area (Å²) in [5.41, 5.74) is 2.46. The fourth-order valence-corrected chi connectivity index (χ4v) is 2.34. The van der Waals surface area contributed by atoms with Gasteiger partial charge in [0.2, 0.25) is 0 Å². The van der Waals surface area contributed by atoms with E-state index in [4.69, 9.17) is 9.84 Å². The van der Waals surface area contributed by atoms with Gasteiger partial charge in [-0.3, -0.25) is 0 Å². The number of ether oxygens (including phenoxy) is 1. The van der Waals surface area contributed by atoms with Crippen molar-refractivity contribution in [2.45, 2.75) is 13.5 Å². The normalized spacial score (nSPS) is 10.6. The molecule has 110 valence electrons. The lowest BCUT2D eigenvalue weighted by atomic mass is 10.1. The van der Waals surface area contributed by atoms with Gasteiger partial charge >= 0.3 is 5.97 Å². The number of fused-ring (bicyclic) bond motifs is 1. The fourth-order valence-electron chi connectivity index (χ4n) is 2.34. The van der Waals surface area contributed by atoms with Gasteiger partial charge in [0.05, 0.1) is 5.56 Å². The van der Waals surface area contributed by atoms with Crippen molar-refractivity contribution in [3.63, 3.8) is 0 Å². The van der Waals surface area contributed by atoms with Crippen molar-refractivity contribution in [2.75, 3.05) is 0 Å². The van der Waals surface area contributed by atoms with E-state index in [1.165, 1.54) is 10.9 Å². The number of carboxylic acids is 1. The summed E-state index contributed by atoms with van der Waals surface area (Å²) in [6.45, 7) is 2.49. The van der Waals surface area contributed by atoms with Gasteiger partial charge in [-0.05, 0) is 47.5 Å². The molecule has 0 radical (unpaired) electrons. The molecule has 0 bridgehead atoms. The van der Waals surface area contributed by atoms with E-state index in [1.54, 1.807) is 24.3 Å². The Bertz CT molecular complexity index is 820. The molecule has 0 aliphatic rings. The van der Waals surface area contributed by atoms with Crippen molar-refractivity contribution in [1.82, 2.24) is 0 Å². The third kappa shape index (κ3) is 3.09. The second-order valence-corrected chi connectivity index (χ2v) is 5.30. The van der Waals surface area contributed by atoms with E-state index >= 15 is 0 Å². The Morgan fingerprint density at radius 2 is 1.64 bits per heavy atom. The molecule has 0 amide bonds. The highest BCUT2D eigenvalue weighted by molar-refractivity contribution is 5.87. The molecule has 1 N–H and O–H groups in total. The highest BCUT2D eigenvalue weighted by Gasteiger charge is 2.03. The zero-order valence-electron chi connectivity index (χ0n) is 12.2. The molecule has 0 saturated carbocycles. The predicted octanol–water partition coefficient (Wildman–Crippen LogP) is 4.43. The molecule has 3 heteroatoms. The van der Waals surface area contributed by atoms with Crippen molar-refractivity contribution in [2.24, 2.45) is 0 Å². The first-order valence-electron chi connectivity index (χ1n) is 7.07. The highest BCUT2D eigenvalue weighted by Crippen LogP contribution is 2.22. The van der Waals surface area contributed by atoms with Gasteiger partial charge in [0.1, 0.15) is 12.4 Å². The lowest BCUT2D eigenvalue weighted by molar-refractivity contribution is 0.0697. The maximum absolute atomic E-state index is 10.8. The van der Waals surface area contributed by atoms with Crippen LogP contribution in [0.5, 0.6) is 5.75 Å². The van der Waals surface area contributed by atoms with Crippen molar-refractivity contribution in [1.29, 1.82) is 0 Å². The monoisotopic (exact) mass is 292 g/mol. The highest BCUT2D eigenvalue weighted by atomic mass is 16.5. The summed E-state index contributed by atoms with van der Waals surface area (Å²) < 4.78 is 5.78. The summed E-state index contributed by atoms with van der Waals surface area (Å²) in [5.74, 6) is -0.115. The van der Waals surface area contributed by atoms with Crippen LogP contribution in [-0.2, 0) is 6.61 Å². The van der Waals surface area contributed by atoms with Crippen LogP contribution in [0.2, 0.25) is 0 Å². The molecule has 0 atom stereocenters. The maximum Gasteiger partial charge on any atom is 0.335 e. The molecule has 3 aromatic carbocycles. The molecular weight excluding hydrogens is 276 g/mol. The number of benzene rings is 3. The number of hydrogen-bond donors (Lipinski definition) is 1. The van der Waals surface area contributed by atoms with E-state index in [9.17, 15) is 4.79 Å². The largest absolute Gasteiger partial charge is 0.489 e. The van der Waals surface area contributed by atoms with Crippen LogP contribution in [-0.4, -0.2) is 11.1 Å². The third-order valence-corrected chi connectivity index (χ3v) is 3.57. The Labute approximate surface area is 128 Å². The number of rotatable bonds is 4. The summed E-state index contributed by atoms with van der Waals surface area (Å²) in [7, 11) is 0. The van der Waals surface area contributed by atoms with Gasteiger partial charge in [0.15, 0.2) is 0 Å². The van der Waals surface area contributed by atoms with Crippen LogP contribution < -0.4 is 4.74 Å². The second kappa shape index (κ2) is 5.90. The van der Waals surface area contributed by atoms with Gasteiger partial charge in [-0.15, -0.1) is 0 Å². The van der Waals surface area contributed by atoms with Crippen LogP contribution in [0.15, 0.2) is 60.7 Å². The molecule has 0 heterocycles. The minimum Gasteiger partial charge on any atom is -0.489 e. The third-order valence-electron chi connectivity index (χ3n) is 3.57. The summed E-state index contributed by atoms with van der Waals surface area (Å²) in [6.07, 6.45) is 0. The summed E-state index contributed by atoms with van der Waals surface area (Å²) in [5, 5.41) is 11.2. The fraction of sp³-hybridized carbons (Fsp3) is 0.105. The Morgan fingerprint density at radius 1 is 0.955 bits per heavy atom. The van der Waals surface area contributed by atoms with Crippen molar-refractivity contribution in [3.8, 4) is 5.75 Å². The molecule has 0 saturated heterocycles. The molecular formula is C19H16O3. The quantitative estimate of drug-likeness (QED) is 0.774. The molecule has 0 fully saturated rings. The Hall–Kier alpha value is -2.81. The van der Waals surface area contributed by atoms with Gasteiger partial charge in [-0.25, -0.2) is 4.79 Å². The topological polar surface area (TPSA) is 46.5 Å². The van der Waals surface area contributed by atoms with E-state index in [0.717, 1.165) is 16.7 Å². The van der Waals surface area contributed by atoms with Crippen LogP contribution in [0, 0.1) is 6.92 Å². The second-order valence-electron chi connectivity index (χ2n) is 5.30. The molecule has 3 aromatic rings. The van der Waals surface area contributed by atoms with E-state index in [0.29, 0.717) is 6.61 Å². The standard InChI is InChI=1S/C19H16O3/c1-13-2-5-17-11-18(9-8-16(17)10-13)22-12-14-3-6-15(7-4-14)19(20)21/h2-11H,12H2,1H3,(H,20,21). The SMILES string of the molecule is Cc1ccc2cc(OCc3ccc(C(=O)O)cc3)ccc2c1. The van der Waals surface area contributed by atoms with Crippen molar-refractivity contribution in [3.05, 3.63) is 77.4 Å². The van der Waals surface area contributed by atoms with Gasteiger partial charge in [-0.1, -0.05) is 42.0 Å². The van der Waals surface area contributed by atoms with Gasteiger partial charge in [-0.2, -0.15) is 0 Å². The van der Waals surface area contributed by atoms with Crippen LogP contribution in [0.3, 0.4) is 0 Å². The van der Waals surface area contributed by atoms with Gasteiger partial charge in [0, 0.05) is 0 Å². The Balaban J connectivity index is 1.73. The van der Waals surface area contributed by atoms with Crippen LogP contribution in [0.4, 0.5) is 0 Å². The molecule has 0 aromatic heterocycles. The first-order valence-corrected chi connectivity index (χ1v) is 7.07. The first-order chi connectivity index (χ1) is 10.6. The molecule has 3 rings (SSSR count). The molecule has 0 aliphatic heterocycles. The van der Waals surface area contributed by atoms with E-state index in [1.807, 2.05) is 18.2 Å². The van der Waals surface area contributed by atoms with Crippen molar-refractivity contribution < 1.29 is 14.6 Å². The number of aryl methyl sites for hydroxylation is 1. The van der Waals surface area contributed by atoms with Gasteiger partial charge < -0.3 is 9.84 Å². The molecule has 3 nitrogen and oxygen atoms in total. The minimum absolute atomic E-state index is 0.282. The zero-order valence-corrected chi connectivity index (χ0v) is 12.2.